The summed E-state index contributed by atoms with van der Waals surface area (Å²) in [6.07, 6.45) is -2.83. The lowest BCUT2D eigenvalue weighted by Crippen LogP contribution is -2.13. The second-order valence-corrected chi connectivity index (χ2v) is 5.37. The van der Waals surface area contributed by atoms with Gasteiger partial charge in [0.15, 0.2) is 5.65 Å². The molecule has 24 heavy (non-hydrogen) atoms. The number of pyridine rings is 1. The van der Waals surface area contributed by atoms with Gasteiger partial charge in [-0.15, -0.1) is 0 Å². The van der Waals surface area contributed by atoms with Crippen LogP contribution in [0.15, 0.2) is 36.5 Å². The van der Waals surface area contributed by atoms with Crippen LogP contribution in [0.1, 0.15) is 27.3 Å². The predicted octanol–water partition coefficient (Wildman–Crippen LogP) is 3.62. The fourth-order valence-electron chi connectivity index (χ4n) is 2.34. The monoisotopic (exact) mass is 334 g/mol. The Balaban J connectivity index is 1.84. The van der Waals surface area contributed by atoms with Gasteiger partial charge in [0.2, 0.25) is 0 Å². The summed E-state index contributed by atoms with van der Waals surface area (Å²) in [5, 5.41) is 6.83. The predicted molar refractivity (Wildman–Crippen MR) is 81.9 cm³/mol. The van der Waals surface area contributed by atoms with E-state index in [0.717, 1.165) is 29.8 Å². The van der Waals surface area contributed by atoms with Crippen LogP contribution in [0.5, 0.6) is 0 Å². The first-order valence-corrected chi connectivity index (χ1v) is 7.06. The van der Waals surface area contributed by atoms with Crippen LogP contribution in [0, 0.1) is 13.8 Å². The van der Waals surface area contributed by atoms with Crippen molar-refractivity contribution in [2.75, 3.05) is 5.32 Å². The van der Waals surface area contributed by atoms with Crippen molar-refractivity contribution in [3.05, 3.63) is 59.0 Å². The summed E-state index contributed by atoms with van der Waals surface area (Å²) in [5.74, 6) is 0.101. The Morgan fingerprint density at radius 3 is 2.46 bits per heavy atom. The van der Waals surface area contributed by atoms with Crippen LogP contribution >= 0.6 is 0 Å². The lowest BCUT2D eigenvalue weighted by atomic mass is 10.1. The zero-order valence-corrected chi connectivity index (χ0v) is 12.8. The molecule has 0 atom stereocenters. The van der Waals surface area contributed by atoms with Crippen molar-refractivity contribution in [2.45, 2.75) is 20.0 Å². The van der Waals surface area contributed by atoms with E-state index in [0.29, 0.717) is 17.2 Å². The Morgan fingerprint density at radius 2 is 1.83 bits per heavy atom. The van der Waals surface area contributed by atoms with Gasteiger partial charge >= 0.3 is 6.18 Å². The van der Waals surface area contributed by atoms with Gasteiger partial charge in [-0.25, -0.2) is 9.50 Å². The lowest BCUT2D eigenvalue weighted by molar-refractivity contribution is -0.137. The Hall–Kier alpha value is -2.90. The molecule has 0 saturated heterocycles. The molecule has 124 valence electrons. The number of hydrogen-bond donors (Lipinski definition) is 1. The Morgan fingerprint density at radius 1 is 1.17 bits per heavy atom. The second kappa shape index (κ2) is 5.63. The number of alkyl halides is 3. The molecule has 1 amide bonds. The summed E-state index contributed by atoms with van der Waals surface area (Å²) < 4.78 is 39.2. The van der Waals surface area contributed by atoms with Gasteiger partial charge < -0.3 is 5.32 Å². The molecule has 0 aliphatic heterocycles. The highest BCUT2D eigenvalue weighted by Crippen LogP contribution is 2.29. The van der Waals surface area contributed by atoms with Crippen LogP contribution < -0.4 is 5.32 Å². The van der Waals surface area contributed by atoms with Gasteiger partial charge in [0.05, 0.1) is 17.4 Å². The minimum Gasteiger partial charge on any atom is -0.321 e. The molecule has 0 radical (unpaired) electrons. The van der Waals surface area contributed by atoms with Crippen LogP contribution in [0.3, 0.4) is 0 Å². The smallest absolute Gasteiger partial charge is 0.321 e. The third-order valence-electron chi connectivity index (χ3n) is 3.46. The summed E-state index contributed by atoms with van der Waals surface area (Å²) in [7, 11) is 0. The number of fused-ring (bicyclic) bond motifs is 1. The molecule has 0 aliphatic rings. The van der Waals surface area contributed by atoms with E-state index in [1.807, 2.05) is 6.92 Å². The maximum atomic E-state index is 12.5. The quantitative estimate of drug-likeness (QED) is 0.779. The van der Waals surface area contributed by atoms with Crippen molar-refractivity contribution >= 4 is 17.2 Å². The number of nitrogens with one attached hydrogen (secondary N) is 1. The molecule has 0 spiro atoms. The van der Waals surface area contributed by atoms with Crippen molar-refractivity contribution in [3.8, 4) is 0 Å². The molecule has 8 heteroatoms. The summed E-state index contributed by atoms with van der Waals surface area (Å²) in [5.41, 5.74) is 1.32. The number of aryl methyl sites for hydroxylation is 2. The number of amides is 1. The maximum absolute atomic E-state index is 12.5. The SMILES string of the molecule is Cc1nc2c(C)cc(NC(=O)c3ccc(C(F)(F)F)cc3)cn2n1. The highest BCUT2D eigenvalue weighted by atomic mass is 19.4. The zero-order chi connectivity index (χ0) is 17.5. The third-order valence-corrected chi connectivity index (χ3v) is 3.46. The number of benzene rings is 1. The minimum absolute atomic E-state index is 0.135. The normalized spacial score (nSPS) is 11.7. The van der Waals surface area contributed by atoms with E-state index in [2.05, 4.69) is 15.4 Å². The molecule has 3 aromatic rings. The van der Waals surface area contributed by atoms with Gasteiger partial charge in [-0.1, -0.05) is 0 Å². The number of carbonyl (C=O) groups excluding carboxylic acids is 1. The van der Waals surface area contributed by atoms with Crippen LogP contribution in [0.4, 0.5) is 18.9 Å². The van der Waals surface area contributed by atoms with Crippen molar-refractivity contribution in [3.63, 3.8) is 0 Å². The van der Waals surface area contributed by atoms with Gasteiger partial charge in [-0.05, 0) is 49.7 Å². The number of halogens is 3. The van der Waals surface area contributed by atoms with Gasteiger partial charge in [0.25, 0.3) is 5.91 Å². The average molecular weight is 334 g/mol. The molecule has 3 rings (SSSR count). The van der Waals surface area contributed by atoms with E-state index < -0.39 is 17.6 Å². The second-order valence-electron chi connectivity index (χ2n) is 5.37. The van der Waals surface area contributed by atoms with Gasteiger partial charge in [0, 0.05) is 5.56 Å². The van der Waals surface area contributed by atoms with E-state index in [9.17, 15) is 18.0 Å². The molecule has 1 N–H and O–H groups in total. The van der Waals surface area contributed by atoms with Crippen molar-refractivity contribution < 1.29 is 18.0 Å². The standard InChI is InChI=1S/C16H13F3N4O/c1-9-7-13(8-23-14(9)20-10(2)22-23)21-15(24)11-3-5-12(6-4-11)16(17,18)19/h3-8H,1-2H3,(H,21,24). The number of hydrogen-bond acceptors (Lipinski definition) is 3. The summed E-state index contributed by atoms with van der Waals surface area (Å²) in [6.45, 7) is 3.59. The van der Waals surface area contributed by atoms with Gasteiger partial charge in [-0.2, -0.15) is 18.3 Å². The van der Waals surface area contributed by atoms with E-state index in [1.165, 1.54) is 0 Å². The number of rotatable bonds is 2. The molecular weight excluding hydrogens is 321 g/mol. The topological polar surface area (TPSA) is 59.3 Å². The van der Waals surface area contributed by atoms with Crippen LogP contribution in [0.25, 0.3) is 5.65 Å². The van der Waals surface area contributed by atoms with E-state index in [1.54, 1.807) is 23.7 Å². The first kappa shape index (κ1) is 16.0. The first-order chi connectivity index (χ1) is 11.2. The lowest BCUT2D eigenvalue weighted by Gasteiger charge is -2.09. The molecule has 0 saturated carbocycles. The molecule has 0 aliphatic carbocycles. The molecule has 2 heterocycles. The van der Waals surface area contributed by atoms with Crippen molar-refractivity contribution in [1.82, 2.24) is 14.6 Å². The number of nitrogens with zero attached hydrogens (tertiary/aromatic N) is 3. The van der Waals surface area contributed by atoms with Crippen LogP contribution in [-0.2, 0) is 6.18 Å². The highest BCUT2D eigenvalue weighted by molar-refractivity contribution is 6.04. The van der Waals surface area contributed by atoms with Crippen molar-refractivity contribution in [2.24, 2.45) is 0 Å². The fraction of sp³-hybridized carbons (Fsp3) is 0.188. The number of carbonyl (C=O) groups is 1. The molecule has 0 unspecified atom stereocenters. The number of anilines is 1. The Labute approximate surface area is 135 Å². The zero-order valence-electron chi connectivity index (χ0n) is 12.8. The molecule has 0 fully saturated rings. The largest absolute Gasteiger partial charge is 0.416 e. The van der Waals surface area contributed by atoms with Gasteiger partial charge in [0.1, 0.15) is 5.82 Å². The highest BCUT2D eigenvalue weighted by Gasteiger charge is 2.30. The maximum Gasteiger partial charge on any atom is 0.416 e. The average Bonchev–Trinajstić information content (AvgIpc) is 2.87. The summed E-state index contributed by atoms with van der Waals surface area (Å²) in [6, 6.07) is 5.77. The summed E-state index contributed by atoms with van der Waals surface area (Å²) in [4.78, 5) is 16.4. The Bertz CT molecular complexity index is 913. The first-order valence-electron chi connectivity index (χ1n) is 7.06. The molecular formula is C16H13F3N4O. The van der Waals surface area contributed by atoms with Crippen LogP contribution in [0.2, 0.25) is 0 Å². The van der Waals surface area contributed by atoms with Crippen molar-refractivity contribution in [1.29, 1.82) is 0 Å². The van der Waals surface area contributed by atoms with E-state index in [-0.39, 0.29) is 5.56 Å². The van der Waals surface area contributed by atoms with E-state index >= 15 is 0 Å². The number of aromatic nitrogens is 3. The summed E-state index contributed by atoms with van der Waals surface area (Å²) >= 11 is 0. The molecule has 0 bridgehead atoms. The fourth-order valence-corrected chi connectivity index (χ4v) is 2.34. The molecule has 2 aromatic heterocycles. The van der Waals surface area contributed by atoms with Gasteiger partial charge in [-0.3, -0.25) is 4.79 Å². The molecule has 1 aromatic carbocycles. The molecule has 5 nitrogen and oxygen atoms in total. The van der Waals surface area contributed by atoms with E-state index in [4.69, 9.17) is 0 Å². The van der Waals surface area contributed by atoms with Crippen LogP contribution in [-0.4, -0.2) is 20.5 Å². The third kappa shape index (κ3) is 3.08. The minimum atomic E-state index is -4.43. The Kier molecular flexibility index (Phi) is 3.75.